The molecule has 1 heterocycles. The summed E-state index contributed by atoms with van der Waals surface area (Å²) in [4.78, 5) is 12.1. The molecule has 0 aliphatic carbocycles. The molecule has 1 N–H and O–H groups in total. The third-order valence-electron chi connectivity index (χ3n) is 3.90. The van der Waals surface area contributed by atoms with Crippen LogP contribution in [0, 0.1) is 6.92 Å². The third-order valence-corrected chi connectivity index (χ3v) is 4.32. The lowest BCUT2D eigenvalue weighted by atomic mass is 10.1. The van der Waals surface area contributed by atoms with Crippen molar-refractivity contribution in [2.45, 2.75) is 13.8 Å². The van der Waals surface area contributed by atoms with E-state index in [9.17, 15) is 4.79 Å². The van der Waals surface area contributed by atoms with Crippen LogP contribution in [-0.4, -0.2) is 29.3 Å². The summed E-state index contributed by atoms with van der Waals surface area (Å²) in [5.41, 5.74) is 3.18. The zero-order valence-corrected chi connectivity index (χ0v) is 16.4. The van der Waals surface area contributed by atoms with Crippen molar-refractivity contribution in [2.75, 3.05) is 18.5 Å². The molecule has 3 rings (SSSR count). The minimum absolute atomic E-state index is 0.0901. The number of aryl methyl sites for hydroxylation is 1. The SMILES string of the molecule is CCOc1ccc(-c2ccc(NC(=O)COc3ccc(Cl)c(C)c3)cc2)nn1. The third kappa shape index (κ3) is 5.20. The number of nitrogens with one attached hydrogen (secondary N) is 1. The number of carbonyl (C=O) groups excluding carboxylic acids is 1. The van der Waals surface area contributed by atoms with E-state index in [1.807, 2.05) is 32.0 Å². The van der Waals surface area contributed by atoms with Crippen molar-refractivity contribution >= 4 is 23.2 Å². The van der Waals surface area contributed by atoms with Gasteiger partial charge in [-0.25, -0.2) is 0 Å². The Kier molecular flexibility index (Phi) is 6.45. The molecule has 0 spiro atoms. The first kappa shape index (κ1) is 19.6. The Morgan fingerprint density at radius 3 is 2.46 bits per heavy atom. The number of rotatable bonds is 7. The van der Waals surface area contributed by atoms with Gasteiger partial charge in [0.05, 0.1) is 12.3 Å². The van der Waals surface area contributed by atoms with Crippen LogP contribution < -0.4 is 14.8 Å². The molecule has 0 aliphatic rings. The predicted molar refractivity (Wildman–Crippen MR) is 109 cm³/mol. The van der Waals surface area contributed by atoms with E-state index in [0.717, 1.165) is 16.8 Å². The van der Waals surface area contributed by atoms with Crippen LogP contribution in [0.25, 0.3) is 11.3 Å². The number of aromatic nitrogens is 2. The molecule has 0 atom stereocenters. The van der Waals surface area contributed by atoms with E-state index < -0.39 is 0 Å². The van der Waals surface area contributed by atoms with Crippen molar-refractivity contribution in [1.82, 2.24) is 10.2 Å². The number of carbonyl (C=O) groups is 1. The molecule has 1 aromatic heterocycles. The molecule has 0 bridgehead atoms. The fourth-order valence-electron chi connectivity index (χ4n) is 2.48. The van der Waals surface area contributed by atoms with Crippen molar-refractivity contribution in [3.05, 3.63) is 65.2 Å². The summed E-state index contributed by atoms with van der Waals surface area (Å²) in [6.07, 6.45) is 0. The Morgan fingerprint density at radius 1 is 1.04 bits per heavy atom. The molecule has 0 aliphatic heterocycles. The topological polar surface area (TPSA) is 73.3 Å². The summed E-state index contributed by atoms with van der Waals surface area (Å²) in [6.45, 7) is 4.23. The van der Waals surface area contributed by atoms with Gasteiger partial charge in [0.25, 0.3) is 5.91 Å². The van der Waals surface area contributed by atoms with Crippen LogP contribution in [0.2, 0.25) is 5.02 Å². The molecule has 0 fully saturated rings. The van der Waals surface area contributed by atoms with Crippen LogP contribution in [0.3, 0.4) is 0 Å². The number of benzene rings is 2. The molecule has 0 saturated heterocycles. The second kappa shape index (κ2) is 9.19. The normalized spacial score (nSPS) is 10.4. The van der Waals surface area contributed by atoms with Gasteiger partial charge in [0, 0.05) is 22.3 Å². The summed E-state index contributed by atoms with van der Waals surface area (Å²) in [5, 5.41) is 11.6. The van der Waals surface area contributed by atoms with E-state index in [2.05, 4.69) is 15.5 Å². The molecule has 7 heteroatoms. The highest BCUT2D eigenvalue weighted by molar-refractivity contribution is 6.31. The van der Waals surface area contributed by atoms with Crippen LogP contribution in [0.1, 0.15) is 12.5 Å². The zero-order chi connectivity index (χ0) is 19.9. The van der Waals surface area contributed by atoms with E-state index >= 15 is 0 Å². The molecule has 144 valence electrons. The maximum absolute atomic E-state index is 12.1. The first-order valence-corrected chi connectivity index (χ1v) is 9.18. The monoisotopic (exact) mass is 397 g/mol. The van der Waals surface area contributed by atoms with Crippen molar-refractivity contribution in [3.63, 3.8) is 0 Å². The number of hydrogen-bond donors (Lipinski definition) is 1. The number of ether oxygens (including phenoxy) is 2. The fraction of sp³-hybridized carbons (Fsp3) is 0.190. The highest BCUT2D eigenvalue weighted by atomic mass is 35.5. The van der Waals surface area contributed by atoms with Gasteiger partial charge in [0.2, 0.25) is 5.88 Å². The maximum atomic E-state index is 12.1. The summed E-state index contributed by atoms with van der Waals surface area (Å²) >= 11 is 5.98. The number of hydrogen-bond acceptors (Lipinski definition) is 5. The zero-order valence-electron chi connectivity index (χ0n) is 15.6. The molecular formula is C21H20ClN3O3. The minimum atomic E-state index is -0.249. The van der Waals surface area contributed by atoms with Gasteiger partial charge in [-0.3, -0.25) is 4.79 Å². The molecule has 2 aromatic carbocycles. The Bertz CT molecular complexity index is 944. The predicted octanol–water partition coefficient (Wildman–Crippen LogP) is 4.52. The molecular weight excluding hydrogens is 378 g/mol. The lowest BCUT2D eigenvalue weighted by molar-refractivity contribution is -0.118. The smallest absolute Gasteiger partial charge is 0.262 e. The summed E-state index contributed by atoms with van der Waals surface area (Å²) in [6, 6.07) is 16.2. The van der Waals surface area contributed by atoms with Gasteiger partial charge < -0.3 is 14.8 Å². The van der Waals surface area contributed by atoms with Crippen LogP contribution in [0.5, 0.6) is 11.6 Å². The quantitative estimate of drug-likeness (QED) is 0.634. The van der Waals surface area contributed by atoms with Crippen LogP contribution in [0.15, 0.2) is 54.6 Å². The lowest BCUT2D eigenvalue weighted by Gasteiger charge is -2.09. The number of amides is 1. The van der Waals surface area contributed by atoms with E-state index in [-0.39, 0.29) is 12.5 Å². The van der Waals surface area contributed by atoms with E-state index in [1.54, 1.807) is 36.4 Å². The van der Waals surface area contributed by atoms with Gasteiger partial charge >= 0.3 is 0 Å². The molecule has 0 unspecified atom stereocenters. The van der Waals surface area contributed by atoms with Gasteiger partial charge in [0.15, 0.2) is 6.61 Å². The average Bonchev–Trinajstić information content (AvgIpc) is 2.70. The van der Waals surface area contributed by atoms with Gasteiger partial charge in [-0.05, 0) is 55.8 Å². The van der Waals surface area contributed by atoms with Crippen LogP contribution in [0.4, 0.5) is 5.69 Å². The van der Waals surface area contributed by atoms with Crippen molar-refractivity contribution in [3.8, 4) is 22.9 Å². The van der Waals surface area contributed by atoms with Crippen molar-refractivity contribution in [2.24, 2.45) is 0 Å². The number of halogens is 1. The minimum Gasteiger partial charge on any atom is -0.484 e. The molecule has 0 saturated carbocycles. The number of anilines is 1. The van der Waals surface area contributed by atoms with Crippen LogP contribution >= 0.6 is 11.6 Å². The summed E-state index contributed by atoms with van der Waals surface area (Å²) < 4.78 is 10.8. The molecule has 6 nitrogen and oxygen atoms in total. The van der Waals surface area contributed by atoms with Crippen molar-refractivity contribution < 1.29 is 14.3 Å². The standard InChI is InChI=1S/C21H20ClN3O3/c1-3-27-21-11-10-19(24-25-21)15-4-6-16(7-5-15)23-20(26)13-28-17-8-9-18(22)14(2)12-17/h4-12H,3,13H2,1-2H3,(H,23,26). The van der Waals surface area contributed by atoms with Crippen LogP contribution in [-0.2, 0) is 4.79 Å². The second-order valence-electron chi connectivity index (χ2n) is 6.02. The van der Waals surface area contributed by atoms with E-state index in [4.69, 9.17) is 21.1 Å². The Balaban J connectivity index is 1.55. The van der Waals surface area contributed by atoms with Gasteiger partial charge in [0.1, 0.15) is 5.75 Å². The first-order chi connectivity index (χ1) is 13.5. The lowest BCUT2D eigenvalue weighted by Crippen LogP contribution is -2.20. The average molecular weight is 398 g/mol. The van der Waals surface area contributed by atoms with Gasteiger partial charge in [-0.15, -0.1) is 10.2 Å². The largest absolute Gasteiger partial charge is 0.484 e. The highest BCUT2D eigenvalue weighted by Gasteiger charge is 2.06. The second-order valence-corrected chi connectivity index (χ2v) is 6.42. The highest BCUT2D eigenvalue weighted by Crippen LogP contribution is 2.22. The van der Waals surface area contributed by atoms with E-state index in [0.29, 0.717) is 28.9 Å². The first-order valence-electron chi connectivity index (χ1n) is 8.81. The fourth-order valence-corrected chi connectivity index (χ4v) is 2.59. The Labute approximate surface area is 168 Å². The maximum Gasteiger partial charge on any atom is 0.262 e. The summed E-state index contributed by atoms with van der Waals surface area (Å²) in [5.74, 6) is 0.841. The molecule has 3 aromatic rings. The number of nitrogens with zero attached hydrogens (tertiary/aromatic N) is 2. The Morgan fingerprint density at radius 2 is 1.82 bits per heavy atom. The van der Waals surface area contributed by atoms with Gasteiger partial charge in [-0.2, -0.15) is 0 Å². The van der Waals surface area contributed by atoms with Gasteiger partial charge in [-0.1, -0.05) is 23.7 Å². The molecule has 1 amide bonds. The Hall–Kier alpha value is -3.12. The molecule has 0 radical (unpaired) electrons. The van der Waals surface area contributed by atoms with Crippen molar-refractivity contribution in [1.29, 1.82) is 0 Å². The van der Waals surface area contributed by atoms with E-state index in [1.165, 1.54) is 0 Å². The molecule has 28 heavy (non-hydrogen) atoms. The summed E-state index contributed by atoms with van der Waals surface area (Å²) in [7, 11) is 0.